The third-order valence-electron chi connectivity index (χ3n) is 4.17. The van der Waals surface area contributed by atoms with Crippen molar-refractivity contribution in [3.8, 4) is 0 Å². The van der Waals surface area contributed by atoms with Crippen LogP contribution in [0.25, 0.3) is 0 Å². The van der Waals surface area contributed by atoms with Crippen molar-refractivity contribution in [2.24, 2.45) is 10.9 Å². The lowest BCUT2D eigenvalue weighted by Crippen LogP contribution is -2.45. The SMILES string of the molecule is CCNC(=NCC1CCN(C)C1)N(C)CC(=O)N(CC)CC. The molecule has 0 spiro atoms. The summed E-state index contributed by atoms with van der Waals surface area (Å²) >= 11 is 0. The molecule has 0 saturated carbocycles. The van der Waals surface area contributed by atoms with E-state index in [1.54, 1.807) is 0 Å². The summed E-state index contributed by atoms with van der Waals surface area (Å²) in [6.45, 7) is 11.9. The zero-order valence-corrected chi connectivity index (χ0v) is 14.9. The lowest BCUT2D eigenvalue weighted by Gasteiger charge is -2.26. The van der Waals surface area contributed by atoms with E-state index in [2.05, 4.69) is 24.2 Å². The van der Waals surface area contributed by atoms with Gasteiger partial charge in [0, 0.05) is 39.8 Å². The molecule has 1 fully saturated rings. The second kappa shape index (κ2) is 9.66. The Balaban J connectivity index is 2.58. The van der Waals surface area contributed by atoms with E-state index >= 15 is 0 Å². The van der Waals surface area contributed by atoms with Crippen molar-refractivity contribution in [2.45, 2.75) is 27.2 Å². The maximum absolute atomic E-state index is 12.2. The van der Waals surface area contributed by atoms with Crippen LogP contribution in [0, 0.1) is 5.92 Å². The number of hydrogen-bond donors (Lipinski definition) is 1. The summed E-state index contributed by atoms with van der Waals surface area (Å²) in [5.74, 6) is 1.61. The van der Waals surface area contributed by atoms with Crippen molar-refractivity contribution < 1.29 is 4.79 Å². The first kappa shape index (κ1) is 18.7. The van der Waals surface area contributed by atoms with Crippen LogP contribution in [0.5, 0.6) is 0 Å². The molecule has 1 aliphatic rings. The van der Waals surface area contributed by atoms with Crippen molar-refractivity contribution in [1.29, 1.82) is 0 Å². The van der Waals surface area contributed by atoms with Crippen LogP contribution < -0.4 is 5.32 Å². The van der Waals surface area contributed by atoms with Gasteiger partial charge in [0.1, 0.15) is 0 Å². The number of likely N-dealkylation sites (N-methyl/N-ethyl adjacent to an activating group) is 2. The van der Waals surface area contributed by atoms with Gasteiger partial charge < -0.3 is 20.0 Å². The Labute approximate surface area is 135 Å². The van der Waals surface area contributed by atoms with Crippen molar-refractivity contribution in [3.05, 3.63) is 0 Å². The lowest BCUT2D eigenvalue weighted by molar-refractivity contribution is -0.131. The summed E-state index contributed by atoms with van der Waals surface area (Å²) in [6.07, 6.45) is 1.21. The molecule has 1 aliphatic heterocycles. The molecule has 22 heavy (non-hydrogen) atoms. The van der Waals surface area contributed by atoms with E-state index in [1.165, 1.54) is 6.42 Å². The van der Waals surface area contributed by atoms with Crippen LogP contribution in [0.3, 0.4) is 0 Å². The second-order valence-corrected chi connectivity index (χ2v) is 6.03. The van der Waals surface area contributed by atoms with Crippen molar-refractivity contribution >= 4 is 11.9 Å². The predicted molar refractivity (Wildman–Crippen MR) is 92.1 cm³/mol. The molecule has 1 unspecified atom stereocenters. The third kappa shape index (κ3) is 5.83. The number of aliphatic imine (C=N–C) groups is 1. The number of hydrogen-bond acceptors (Lipinski definition) is 3. The molecular weight excluding hydrogens is 278 g/mol. The van der Waals surface area contributed by atoms with Crippen LogP contribution in [-0.2, 0) is 4.79 Å². The molecule has 0 aromatic carbocycles. The average molecular weight is 311 g/mol. The molecule has 6 heteroatoms. The standard InChI is InChI=1S/C16H33N5O/c1-6-17-16(18-11-14-9-10-19(4)12-14)20(5)13-15(22)21(7-2)8-3/h14H,6-13H2,1-5H3,(H,17,18). The quantitative estimate of drug-likeness (QED) is 0.556. The average Bonchev–Trinajstić information content (AvgIpc) is 2.90. The Hall–Kier alpha value is -1.30. The fraction of sp³-hybridized carbons (Fsp3) is 0.875. The molecule has 128 valence electrons. The van der Waals surface area contributed by atoms with Crippen LogP contribution in [0.2, 0.25) is 0 Å². The number of likely N-dealkylation sites (tertiary alicyclic amines) is 1. The van der Waals surface area contributed by atoms with Gasteiger partial charge in [0.15, 0.2) is 5.96 Å². The highest BCUT2D eigenvalue weighted by Crippen LogP contribution is 2.14. The molecule has 1 saturated heterocycles. The Bertz CT molecular complexity index is 368. The zero-order chi connectivity index (χ0) is 16.5. The minimum absolute atomic E-state index is 0.152. The molecule has 1 rings (SSSR count). The van der Waals surface area contributed by atoms with E-state index < -0.39 is 0 Å². The van der Waals surface area contributed by atoms with Gasteiger partial charge in [-0.15, -0.1) is 0 Å². The number of nitrogens with one attached hydrogen (secondary N) is 1. The molecule has 0 aromatic heterocycles. The molecule has 0 bridgehead atoms. The van der Waals surface area contributed by atoms with Crippen LogP contribution in [0.15, 0.2) is 4.99 Å². The van der Waals surface area contributed by atoms with Gasteiger partial charge in [0.05, 0.1) is 6.54 Å². The van der Waals surface area contributed by atoms with Gasteiger partial charge in [0.25, 0.3) is 0 Å². The first-order chi connectivity index (χ1) is 10.5. The molecular formula is C16H33N5O. The van der Waals surface area contributed by atoms with Gasteiger partial charge in [-0.05, 0) is 46.7 Å². The van der Waals surface area contributed by atoms with Crippen LogP contribution in [-0.4, -0.2) is 86.5 Å². The fourth-order valence-electron chi connectivity index (χ4n) is 2.81. The van der Waals surface area contributed by atoms with Gasteiger partial charge >= 0.3 is 0 Å². The highest BCUT2D eigenvalue weighted by atomic mass is 16.2. The number of guanidine groups is 1. The molecule has 0 radical (unpaired) electrons. The minimum Gasteiger partial charge on any atom is -0.357 e. The molecule has 1 atom stereocenters. The number of nitrogens with zero attached hydrogens (tertiary/aromatic N) is 4. The van der Waals surface area contributed by atoms with Crippen LogP contribution in [0.4, 0.5) is 0 Å². The maximum Gasteiger partial charge on any atom is 0.242 e. The maximum atomic E-state index is 12.2. The molecule has 1 amide bonds. The van der Waals surface area contributed by atoms with Crippen LogP contribution in [0.1, 0.15) is 27.2 Å². The third-order valence-corrected chi connectivity index (χ3v) is 4.17. The summed E-state index contributed by atoms with van der Waals surface area (Å²) in [5.41, 5.74) is 0. The normalized spacial score (nSPS) is 19.3. The second-order valence-electron chi connectivity index (χ2n) is 6.03. The highest BCUT2D eigenvalue weighted by Gasteiger charge is 2.20. The Morgan fingerprint density at radius 2 is 2.00 bits per heavy atom. The predicted octanol–water partition coefficient (Wildman–Crippen LogP) is 0.704. The fourth-order valence-corrected chi connectivity index (χ4v) is 2.81. The van der Waals surface area contributed by atoms with Crippen molar-refractivity contribution in [3.63, 3.8) is 0 Å². The molecule has 1 N–H and O–H groups in total. The first-order valence-electron chi connectivity index (χ1n) is 8.47. The first-order valence-corrected chi connectivity index (χ1v) is 8.47. The van der Waals surface area contributed by atoms with Gasteiger partial charge in [-0.3, -0.25) is 9.79 Å². The topological polar surface area (TPSA) is 51.2 Å². The number of amides is 1. The monoisotopic (exact) mass is 311 g/mol. The highest BCUT2D eigenvalue weighted by molar-refractivity contribution is 5.86. The van der Waals surface area contributed by atoms with Crippen molar-refractivity contribution in [1.82, 2.24) is 20.0 Å². The van der Waals surface area contributed by atoms with E-state index in [0.29, 0.717) is 12.5 Å². The van der Waals surface area contributed by atoms with Crippen molar-refractivity contribution in [2.75, 3.05) is 59.9 Å². The lowest BCUT2D eigenvalue weighted by atomic mass is 10.1. The number of carbonyl (C=O) groups is 1. The Morgan fingerprint density at radius 3 is 2.50 bits per heavy atom. The van der Waals surface area contributed by atoms with E-state index in [1.807, 2.05) is 30.7 Å². The van der Waals surface area contributed by atoms with E-state index in [4.69, 9.17) is 4.99 Å². The van der Waals surface area contributed by atoms with E-state index in [0.717, 1.165) is 45.2 Å². The summed E-state index contributed by atoms with van der Waals surface area (Å²) in [4.78, 5) is 23.1. The zero-order valence-electron chi connectivity index (χ0n) is 14.9. The molecule has 6 nitrogen and oxygen atoms in total. The summed E-state index contributed by atoms with van der Waals surface area (Å²) in [5, 5.41) is 3.29. The smallest absolute Gasteiger partial charge is 0.242 e. The Morgan fingerprint density at radius 1 is 1.32 bits per heavy atom. The van der Waals surface area contributed by atoms with E-state index in [-0.39, 0.29) is 5.91 Å². The number of carbonyl (C=O) groups excluding carboxylic acids is 1. The molecule has 0 aromatic rings. The molecule has 1 heterocycles. The largest absolute Gasteiger partial charge is 0.357 e. The molecule has 0 aliphatic carbocycles. The van der Waals surface area contributed by atoms with E-state index in [9.17, 15) is 4.79 Å². The van der Waals surface area contributed by atoms with Crippen LogP contribution >= 0.6 is 0 Å². The minimum atomic E-state index is 0.152. The summed E-state index contributed by atoms with van der Waals surface area (Å²) < 4.78 is 0. The number of rotatable bonds is 7. The van der Waals surface area contributed by atoms with Gasteiger partial charge in [0.2, 0.25) is 5.91 Å². The van der Waals surface area contributed by atoms with Gasteiger partial charge in [-0.2, -0.15) is 0 Å². The Kier molecular flexibility index (Phi) is 8.24. The van der Waals surface area contributed by atoms with Gasteiger partial charge in [-0.25, -0.2) is 0 Å². The summed E-state index contributed by atoms with van der Waals surface area (Å²) in [6, 6.07) is 0. The van der Waals surface area contributed by atoms with Gasteiger partial charge in [-0.1, -0.05) is 0 Å². The summed E-state index contributed by atoms with van der Waals surface area (Å²) in [7, 11) is 4.09.